The number of furan rings is 1. The van der Waals surface area contributed by atoms with Crippen molar-refractivity contribution in [2.24, 2.45) is 0 Å². The van der Waals surface area contributed by atoms with Gasteiger partial charge in [0.2, 0.25) is 11.7 Å². The lowest BCUT2D eigenvalue weighted by Gasteiger charge is -2.15. The smallest absolute Gasteiger partial charge is 0.338 e. The Bertz CT molecular complexity index is 912. The molecule has 2 aromatic heterocycles. The second-order valence-corrected chi connectivity index (χ2v) is 5.93. The predicted molar refractivity (Wildman–Crippen MR) is 91.4 cm³/mol. The third-order valence-electron chi connectivity index (χ3n) is 4.16. The van der Waals surface area contributed by atoms with Crippen LogP contribution in [0.25, 0.3) is 11.5 Å². The molecular weight excluding hydrogens is 336 g/mol. The summed E-state index contributed by atoms with van der Waals surface area (Å²) in [6, 6.07) is 12.0. The van der Waals surface area contributed by atoms with Gasteiger partial charge in [-0.1, -0.05) is 5.16 Å². The van der Waals surface area contributed by atoms with E-state index in [0.717, 1.165) is 12.1 Å². The number of anilines is 1. The van der Waals surface area contributed by atoms with Crippen molar-refractivity contribution in [3.8, 4) is 11.5 Å². The second kappa shape index (κ2) is 6.87. The average Bonchev–Trinajstić information content (AvgIpc) is 3.41. The normalized spacial score (nSPS) is 14.0. The van der Waals surface area contributed by atoms with Gasteiger partial charge in [0.15, 0.2) is 5.76 Å². The molecule has 0 N–H and O–H groups in total. The molecule has 0 radical (unpaired) electrons. The van der Waals surface area contributed by atoms with Gasteiger partial charge in [-0.05, 0) is 42.8 Å². The lowest BCUT2D eigenvalue weighted by atomic mass is 10.2. The SMILES string of the molecule is O=C(OCc1cc(-c2ccco2)on1)c1ccc(N2CCCC2=O)cc1. The Morgan fingerprint density at radius 1 is 1.19 bits per heavy atom. The monoisotopic (exact) mass is 352 g/mol. The predicted octanol–water partition coefficient (Wildman–Crippen LogP) is 3.42. The number of ether oxygens (including phenoxy) is 1. The maximum absolute atomic E-state index is 12.2. The van der Waals surface area contributed by atoms with Crippen molar-refractivity contribution in [3.05, 3.63) is 60.0 Å². The average molecular weight is 352 g/mol. The largest absolute Gasteiger partial charge is 0.461 e. The highest BCUT2D eigenvalue weighted by Gasteiger charge is 2.21. The molecule has 26 heavy (non-hydrogen) atoms. The molecule has 1 amide bonds. The summed E-state index contributed by atoms with van der Waals surface area (Å²) in [4.78, 5) is 25.6. The lowest BCUT2D eigenvalue weighted by Crippen LogP contribution is -2.23. The van der Waals surface area contributed by atoms with Gasteiger partial charge in [-0.3, -0.25) is 4.79 Å². The minimum atomic E-state index is -0.466. The molecule has 3 aromatic rings. The molecule has 1 fully saturated rings. The van der Waals surface area contributed by atoms with Crippen LogP contribution in [-0.4, -0.2) is 23.6 Å². The van der Waals surface area contributed by atoms with Crippen LogP contribution in [-0.2, 0) is 16.1 Å². The molecule has 7 nitrogen and oxygen atoms in total. The van der Waals surface area contributed by atoms with Gasteiger partial charge in [0.1, 0.15) is 12.3 Å². The Morgan fingerprint density at radius 3 is 2.73 bits per heavy atom. The van der Waals surface area contributed by atoms with Gasteiger partial charge in [0.25, 0.3) is 0 Å². The number of nitrogens with zero attached hydrogens (tertiary/aromatic N) is 2. The molecule has 4 rings (SSSR count). The van der Waals surface area contributed by atoms with Crippen LogP contribution in [0.1, 0.15) is 28.9 Å². The van der Waals surface area contributed by atoms with Gasteiger partial charge >= 0.3 is 5.97 Å². The number of rotatable bonds is 5. The van der Waals surface area contributed by atoms with Gasteiger partial charge in [0.05, 0.1) is 11.8 Å². The molecule has 3 heterocycles. The Balaban J connectivity index is 1.37. The highest BCUT2D eigenvalue weighted by Crippen LogP contribution is 2.23. The number of aromatic nitrogens is 1. The molecule has 0 bridgehead atoms. The van der Waals surface area contributed by atoms with E-state index in [1.165, 1.54) is 6.26 Å². The second-order valence-electron chi connectivity index (χ2n) is 5.93. The Labute approximate surface area is 149 Å². The fraction of sp³-hybridized carbons (Fsp3) is 0.211. The van der Waals surface area contributed by atoms with Gasteiger partial charge in [-0.15, -0.1) is 0 Å². The summed E-state index contributed by atoms with van der Waals surface area (Å²) >= 11 is 0. The first-order valence-electron chi connectivity index (χ1n) is 8.28. The summed E-state index contributed by atoms with van der Waals surface area (Å²) in [5.41, 5.74) is 1.70. The van der Waals surface area contributed by atoms with E-state index in [4.69, 9.17) is 13.7 Å². The van der Waals surface area contributed by atoms with Crippen molar-refractivity contribution in [2.45, 2.75) is 19.4 Å². The molecule has 0 saturated carbocycles. The lowest BCUT2D eigenvalue weighted by molar-refractivity contribution is -0.117. The molecule has 132 valence electrons. The third-order valence-corrected chi connectivity index (χ3v) is 4.16. The van der Waals surface area contributed by atoms with Crippen LogP contribution < -0.4 is 4.90 Å². The molecule has 1 aliphatic rings. The van der Waals surface area contributed by atoms with Crippen LogP contribution in [0.15, 0.2) is 57.7 Å². The van der Waals surface area contributed by atoms with Crippen molar-refractivity contribution in [3.63, 3.8) is 0 Å². The molecule has 0 aliphatic carbocycles. The molecule has 0 spiro atoms. The first kappa shape index (κ1) is 16.1. The summed E-state index contributed by atoms with van der Waals surface area (Å²) in [6.45, 7) is 0.711. The van der Waals surface area contributed by atoms with E-state index in [1.54, 1.807) is 47.4 Å². The summed E-state index contributed by atoms with van der Waals surface area (Å²) in [7, 11) is 0. The van der Waals surface area contributed by atoms with Crippen LogP contribution in [0.3, 0.4) is 0 Å². The van der Waals surface area contributed by atoms with E-state index in [2.05, 4.69) is 5.16 Å². The van der Waals surface area contributed by atoms with Crippen LogP contribution in [0.4, 0.5) is 5.69 Å². The van der Waals surface area contributed by atoms with Crippen LogP contribution in [0.2, 0.25) is 0 Å². The summed E-state index contributed by atoms with van der Waals surface area (Å²) < 4.78 is 15.6. The van der Waals surface area contributed by atoms with E-state index in [0.29, 0.717) is 35.7 Å². The Morgan fingerprint density at radius 2 is 2.04 bits per heavy atom. The minimum Gasteiger partial charge on any atom is -0.461 e. The molecule has 0 unspecified atom stereocenters. The van der Waals surface area contributed by atoms with Gasteiger partial charge < -0.3 is 18.6 Å². The molecule has 7 heteroatoms. The van der Waals surface area contributed by atoms with Gasteiger partial charge in [-0.2, -0.15) is 0 Å². The number of carbonyl (C=O) groups is 2. The molecular formula is C19H16N2O5. The van der Waals surface area contributed by atoms with Crippen molar-refractivity contribution in [2.75, 3.05) is 11.4 Å². The molecule has 0 atom stereocenters. The number of hydrogen-bond acceptors (Lipinski definition) is 6. The zero-order valence-electron chi connectivity index (χ0n) is 13.9. The highest BCUT2D eigenvalue weighted by atomic mass is 16.5. The van der Waals surface area contributed by atoms with E-state index in [9.17, 15) is 9.59 Å². The van der Waals surface area contributed by atoms with Crippen molar-refractivity contribution >= 4 is 17.6 Å². The molecule has 1 saturated heterocycles. The first-order chi connectivity index (χ1) is 12.7. The number of carbonyl (C=O) groups excluding carboxylic acids is 2. The summed E-state index contributed by atoms with van der Waals surface area (Å²) in [5, 5.41) is 3.86. The van der Waals surface area contributed by atoms with E-state index < -0.39 is 5.97 Å². The maximum Gasteiger partial charge on any atom is 0.338 e. The quantitative estimate of drug-likeness (QED) is 0.654. The van der Waals surface area contributed by atoms with Gasteiger partial charge in [0, 0.05) is 24.7 Å². The minimum absolute atomic E-state index is 0.00456. The summed E-state index contributed by atoms with van der Waals surface area (Å²) in [5.74, 6) is 0.674. The standard InChI is InChI=1S/C19H16N2O5/c22-18-4-1-9-21(18)15-7-5-13(6-8-15)19(23)25-12-14-11-17(26-20-14)16-3-2-10-24-16/h2-3,5-8,10-11H,1,4,9,12H2. The third kappa shape index (κ3) is 3.23. The Kier molecular flexibility index (Phi) is 4.27. The number of amides is 1. The van der Waals surface area contributed by atoms with Crippen LogP contribution in [0, 0.1) is 0 Å². The van der Waals surface area contributed by atoms with Crippen LogP contribution >= 0.6 is 0 Å². The topological polar surface area (TPSA) is 85.8 Å². The van der Waals surface area contributed by atoms with Gasteiger partial charge in [-0.25, -0.2) is 4.79 Å². The fourth-order valence-corrected chi connectivity index (χ4v) is 2.84. The first-order valence-corrected chi connectivity index (χ1v) is 8.28. The van der Waals surface area contributed by atoms with E-state index >= 15 is 0 Å². The van der Waals surface area contributed by atoms with E-state index in [-0.39, 0.29) is 12.5 Å². The zero-order valence-corrected chi connectivity index (χ0v) is 13.9. The number of esters is 1. The van der Waals surface area contributed by atoms with Crippen LogP contribution in [0.5, 0.6) is 0 Å². The Hall–Kier alpha value is -3.35. The maximum atomic E-state index is 12.2. The summed E-state index contributed by atoms with van der Waals surface area (Å²) in [6.07, 6.45) is 2.97. The highest BCUT2D eigenvalue weighted by molar-refractivity contribution is 5.96. The van der Waals surface area contributed by atoms with E-state index in [1.807, 2.05) is 0 Å². The molecule has 1 aliphatic heterocycles. The number of hydrogen-bond donors (Lipinski definition) is 0. The van der Waals surface area contributed by atoms with Crippen molar-refractivity contribution < 1.29 is 23.3 Å². The van der Waals surface area contributed by atoms with Crippen molar-refractivity contribution in [1.29, 1.82) is 0 Å². The zero-order chi connectivity index (χ0) is 17.9. The number of benzene rings is 1. The fourth-order valence-electron chi connectivity index (χ4n) is 2.84. The van der Waals surface area contributed by atoms with Crippen molar-refractivity contribution in [1.82, 2.24) is 5.16 Å². The molecule has 1 aromatic carbocycles.